The van der Waals surface area contributed by atoms with Crippen LogP contribution in [0.5, 0.6) is 0 Å². The zero-order valence-electron chi connectivity index (χ0n) is 37.0. The van der Waals surface area contributed by atoms with Crippen LogP contribution in [0.2, 0.25) is 43.4 Å². The summed E-state index contributed by atoms with van der Waals surface area (Å²) < 4.78 is 0.844. The maximum atomic E-state index is 8.89. The third-order valence-corrected chi connectivity index (χ3v) is 38.7. The van der Waals surface area contributed by atoms with Crippen molar-refractivity contribution in [3.63, 3.8) is 0 Å². The van der Waals surface area contributed by atoms with Crippen molar-refractivity contribution in [1.29, 1.82) is 0 Å². The molecule has 0 heterocycles. The van der Waals surface area contributed by atoms with Crippen LogP contribution < -0.4 is 10.4 Å². The van der Waals surface area contributed by atoms with Gasteiger partial charge >= 0.3 is 348 Å². The van der Waals surface area contributed by atoms with Gasteiger partial charge in [-0.3, -0.25) is 0 Å². The van der Waals surface area contributed by atoms with Crippen molar-refractivity contribution < 1.29 is 16.4 Å². The Balaban J connectivity index is 1.67. The molecule has 0 fully saturated rings. The third kappa shape index (κ3) is 6.90. The topological polar surface area (TPSA) is 0 Å². The molecule has 0 spiro atoms. The molecule has 0 radical (unpaired) electrons. The van der Waals surface area contributed by atoms with Crippen molar-refractivity contribution in [3.05, 3.63) is 115 Å². The van der Waals surface area contributed by atoms with Crippen LogP contribution in [-0.2, 0) is 16.4 Å². The van der Waals surface area contributed by atoms with Crippen LogP contribution in [0.15, 0.2) is 59.7 Å². The average Bonchev–Trinajstić information content (AvgIpc) is 3.72. The quantitative estimate of drug-likeness (QED) is 0.147. The summed E-state index contributed by atoms with van der Waals surface area (Å²) in [6, 6.07) is 19.1. The van der Waals surface area contributed by atoms with E-state index in [2.05, 4.69) is 176 Å². The molecule has 0 aromatic heterocycles. The molecular weight excluding hydrogens is 819 g/mol. The van der Waals surface area contributed by atoms with Crippen LogP contribution in [0, 0.1) is 53.4 Å². The van der Waals surface area contributed by atoms with Gasteiger partial charge in [-0.15, -0.1) is 0 Å². The Bertz CT molecular complexity index is 2100. The molecule has 293 valence electrons. The number of hydrogen-bond donors (Lipinski definition) is 0. The van der Waals surface area contributed by atoms with E-state index in [1.54, 1.807) is 0 Å². The van der Waals surface area contributed by atoms with Gasteiger partial charge in [0.15, 0.2) is 0 Å². The van der Waals surface area contributed by atoms with Crippen LogP contribution in [0.1, 0.15) is 97.5 Å². The Hall–Kier alpha value is -1.74. The van der Waals surface area contributed by atoms with E-state index in [0.29, 0.717) is 11.8 Å². The molecular formula is C50H67Cl2Si2Zr. The first-order valence-corrected chi connectivity index (χ1v) is 38.8. The van der Waals surface area contributed by atoms with Crippen molar-refractivity contribution in [2.45, 2.75) is 127 Å². The van der Waals surface area contributed by atoms with E-state index in [1.807, 2.05) is 0 Å². The van der Waals surface area contributed by atoms with E-state index < -0.39 is 32.5 Å². The van der Waals surface area contributed by atoms with Crippen LogP contribution in [0.25, 0.3) is 34.4 Å². The SMILES string of the molecule is C[CH2][Zr]([Cl])([Cl])([CH]1C(C(C)C)=Cc2c(-c3ccc([Si](C)(C)C)cc3)c(C)c(C)c(C)c21)[CH]1C(C(C)C)=Cc2c(-c3ccc([Si](C)(C)C)cc3)c(C)c(C)c(C)c21. The van der Waals surface area contributed by atoms with Gasteiger partial charge in [-0.25, -0.2) is 0 Å². The maximum absolute atomic E-state index is 8.89. The molecule has 2 atom stereocenters. The molecule has 6 rings (SSSR count). The number of rotatable bonds is 9. The Morgan fingerprint density at radius 3 is 1.07 bits per heavy atom. The van der Waals surface area contributed by atoms with Gasteiger partial charge in [-0.1, -0.05) is 0 Å². The predicted molar refractivity (Wildman–Crippen MR) is 251 cm³/mol. The second-order valence-corrected chi connectivity index (χ2v) is 53.1. The molecule has 5 heteroatoms. The number of halogens is 2. The Morgan fingerprint density at radius 2 is 0.818 bits per heavy atom. The Morgan fingerprint density at radius 1 is 0.509 bits per heavy atom. The van der Waals surface area contributed by atoms with E-state index in [4.69, 9.17) is 17.0 Å². The first-order chi connectivity index (χ1) is 25.4. The summed E-state index contributed by atoms with van der Waals surface area (Å²) >= 11 is -5.10. The molecule has 55 heavy (non-hydrogen) atoms. The molecule has 4 aromatic rings. The molecule has 2 aliphatic rings. The van der Waals surface area contributed by atoms with E-state index in [9.17, 15) is 0 Å². The molecule has 0 amide bonds. The second-order valence-electron chi connectivity index (χ2n) is 20.0. The van der Waals surface area contributed by atoms with E-state index in [-0.39, 0.29) is 7.25 Å². The molecule has 2 aliphatic carbocycles. The fourth-order valence-corrected chi connectivity index (χ4v) is 31.0. The van der Waals surface area contributed by atoms with Gasteiger partial charge in [0.1, 0.15) is 0 Å². The van der Waals surface area contributed by atoms with E-state index in [1.165, 1.54) is 99.4 Å². The first kappa shape index (κ1) is 42.9. The average molecular weight is 886 g/mol. The van der Waals surface area contributed by atoms with Gasteiger partial charge in [0.05, 0.1) is 0 Å². The Kier molecular flexibility index (Phi) is 11.3. The summed E-state index contributed by atoms with van der Waals surface area (Å²) in [5.74, 6) is 0.621. The molecule has 4 aromatic carbocycles. The second kappa shape index (κ2) is 14.5. The van der Waals surface area contributed by atoms with Crippen molar-refractivity contribution in [1.82, 2.24) is 0 Å². The van der Waals surface area contributed by atoms with Gasteiger partial charge in [-0.2, -0.15) is 0 Å². The number of hydrogen-bond acceptors (Lipinski definition) is 0. The molecule has 0 N–H and O–H groups in total. The molecule has 2 unspecified atom stereocenters. The molecule has 0 saturated heterocycles. The van der Waals surface area contributed by atoms with Crippen LogP contribution in [-0.4, -0.2) is 16.1 Å². The number of fused-ring (bicyclic) bond motifs is 2. The summed E-state index contributed by atoms with van der Waals surface area (Å²) in [4.78, 5) is 0. The number of benzene rings is 4. The minimum atomic E-state index is -5.10. The van der Waals surface area contributed by atoms with Crippen molar-refractivity contribution in [2.24, 2.45) is 11.8 Å². The van der Waals surface area contributed by atoms with Gasteiger partial charge < -0.3 is 0 Å². The molecule has 0 nitrogen and oxygen atoms in total. The van der Waals surface area contributed by atoms with E-state index >= 15 is 0 Å². The summed E-state index contributed by atoms with van der Waals surface area (Å²) in [5.41, 5.74) is 21.9. The fourth-order valence-electron chi connectivity index (χ4n) is 10.2. The van der Waals surface area contributed by atoms with Crippen LogP contribution in [0.3, 0.4) is 0 Å². The zero-order chi connectivity index (χ0) is 40.9. The molecule has 0 aliphatic heterocycles. The summed E-state index contributed by atoms with van der Waals surface area (Å²) in [5, 5.41) is 2.99. The normalized spacial score (nSPS) is 18.0. The summed E-state index contributed by atoms with van der Waals surface area (Å²) in [7, 11) is 14.9. The van der Waals surface area contributed by atoms with Gasteiger partial charge in [0.25, 0.3) is 0 Å². The fraction of sp³-hybridized carbons (Fsp3) is 0.440. The van der Waals surface area contributed by atoms with Crippen molar-refractivity contribution in [2.75, 3.05) is 0 Å². The third-order valence-electron chi connectivity index (χ3n) is 14.1. The predicted octanol–water partition coefficient (Wildman–Crippen LogP) is 15.3. The van der Waals surface area contributed by atoms with Crippen molar-refractivity contribution in [3.8, 4) is 22.3 Å². The first-order valence-electron chi connectivity index (χ1n) is 20.9. The number of allylic oxidation sites excluding steroid dienone is 2. The monoisotopic (exact) mass is 883 g/mol. The van der Waals surface area contributed by atoms with E-state index in [0.717, 1.165) is 4.13 Å². The minimum absolute atomic E-state index is 0.0164. The zero-order valence-corrected chi connectivity index (χ0v) is 43.0. The summed E-state index contributed by atoms with van der Waals surface area (Å²) in [6.07, 6.45) is 5.10. The summed E-state index contributed by atoms with van der Waals surface area (Å²) in [6.45, 7) is 40.4. The molecule has 0 saturated carbocycles. The molecule has 0 bridgehead atoms. The van der Waals surface area contributed by atoms with Crippen molar-refractivity contribution >= 4 is 55.7 Å². The van der Waals surface area contributed by atoms with Crippen LogP contribution >= 0.6 is 17.0 Å². The standard InChI is InChI=1S/2C24H31Si.C2H5.2ClH.Zr/c2*1-15(2)20-13-22-17(4)16(3)18(5)24(23(22)14-20)19-9-11-21(12-10-19)25(6,7)8;1-2;;;/h2*9-15H,1-8H3;1H2,2H3;2*1H;/q;;;;;+2/p-2. The van der Waals surface area contributed by atoms with Crippen LogP contribution in [0.4, 0.5) is 0 Å². The van der Waals surface area contributed by atoms with Gasteiger partial charge in [0, 0.05) is 0 Å². The Labute approximate surface area is 345 Å². The van der Waals surface area contributed by atoms with Gasteiger partial charge in [-0.05, 0) is 0 Å². The van der Waals surface area contributed by atoms with Gasteiger partial charge in [0.2, 0.25) is 0 Å².